The van der Waals surface area contributed by atoms with E-state index in [1.54, 1.807) is 0 Å². The maximum Gasteiger partial charge on any atom is 0.355 e. The van der Waals surface area contributed by atoms with Crippen LogP contribution in [-0.4, -0.2) is 37.1 Å². The van der Waals surface area contributed by atoms with Gasteiger partial charge in [-0.15, -0.1) is 0 Å². The molecule has 0 unspecified atom stereocenters. The zero-order valence-electron chi connectivity index (χ0n) is 8.04. The SMILES string of the molecule is C=N/C(NCC)=C(Cl)\C(=N/C)C(=O)O. The highest BCUT2D eigenvalue weighted by Crippen LogP contribution is 2.10. The Balaban J connectivity index is 5.11. The maximum absolute atomic E-state index is 10.7. The predicted octanol–water partition coefficient (Wildman–Crippen LogP) is 0.860. The highest BCUT2D eigenvalue weighted by atomic mass is 35.5. The maximum atomic E-state index is 10.7. The van der Waals surface area contributed by atoms with Gasteiger partial charge in [0, 0.05) is 13.6 Å². The molecule has 0 aliphatic heterocycles. The molecule has 0 saturated heterocycles. The minimum atomic E-state index is -1.20. The quantitative estimate of drug-likeness (QED) is 0.671. The zero-order chi connectivity index (χ0) is 11.1. The van der Waals surface area contributed by atoms with E-state index in [4.69, 9.17) is 16.7 Å². The molecule has 0 amide bonds. The lowest BCUT2D eigenvalue weighted by Gasteiger charge is -2.06. The van der Waals surface area contributed by atoms with Crippen molar-refractivity contribution in [2.45, 2.75) is 6.92 Å². The van der Waals surface area contributed by atoms with Crippen molar-refractivity contribution in [3.05, 3.63) is 10.9 Å². The number of aliphatic carboxylic acids is 1. The predicted molar refractivity (Wildman–Crippen MR) is 57.1 cm³/mol. The molecular formula is C8H12ClN3O2. The van der Waals surface area contributed by atoms with Crippen LogP contribution in [0.15, 0.2) is 20.8 Å². The first-order chi connectivity index (χ1) is 6.58. The Kier molecular flexibility index (Phi) is 5.55. The Hall–Kier alpha value is -1.36. The standard InChI is InChI=1S/C8H12ClN3O2/c1-4-12-7(11-3)5(9)6(10-2)8(13)14/h12H,3-4H2,1-2H3,(H,13,14)/b7-5-,10-6+. The molecule has 2 N–H and O–H groups in total. The topological polar surface area (TPSA) is 74.0 Å². The minimum absolute atomic E-state index is 0.0446. The first kappa shape index (κ1) is 12.6. The summed E-state index contributed by atoms with van der Waals surface area (Å²) in [4.78, 5) is 17.8. The molecule has 0 aromatic heterocycles. The summed E-state index contributed by atoms with van der Waals surface area (Å²) < 4.78 is 0. The molecule has 0 spiro atoms. The van der Waals surface area contributed by atoms with Gasteiger partial charge in [-0.1, -0.05) is 11.6 Å². The number of hydrogen-bond acceptors (Lipinski definition) is 4. The first-order valence-electron chi connectivity index (χ1n) is 3.89. The lowest BCUT2D eigenvalue weighted by atomic mass is 10.3. The Morgan fingerprint density at radius 2 is 2.21 bits per heavy atom. The van der Waals surface area contributed by atoms with E-state index in [1.807, 2.05) is 6.92 Å². The van der Waals surface area contributed by atoms with E-state index in [9.17, 15) is 4.79 Å². The summed E-state index contributed by atoms with van der Waals surface area (Å²) in [5.74, 6) is -0.978. The van der Waals surface area contributed by atoms with Gasteiger partial charge in [-0.05, 0) is 13.6 Å². The van der Waals surface area contributed by atoms with Crippen LogP contribution in [0.25, 0.3) is 0 Å². The van der Waals surface area contributed by atoms with Crippen LogP contribution in [0.5, 0.6) is 0 Å². The van der Waals surface area contributed by atoms with Gasteiger partial charge >= 0.3 is 5.97 Å². The number of carbonyl (C=O) groups is 1. The Bertz CT molecular complexity index is 297. The van der Waals surface area contributed by atoms with Crippen LogP contribution in [0.4, 0.5) is 0 Å². The average molecular weight is 218 g/mol. The fourth-order valence-electron chi connectivity index (χ4n) is 0.770. The molecule has 78 valence electrons. The summed E-state index contributed by atoms with van der Waals surface area (Å²) in [5, 5.41) is 11.4. The third kappa shape index (κ3) is 3.18. The molecule has 0 saturated carbocycles. The molecule has 0 bridgehead atoms. The van der Waals surface area contributed by atoms with Gasteiger partial charge in [0.1, 0.15) is 10.9 Å². The third-order valence-corrected chi connectivity index (χ3v) is 1.70. The Morgan fingerprint density at radius 1 is 1.64 bits per heavy atom. The van der Waals surface area contributed by atoms with E-state index in [0.29, 0.717) is 6.54 Å². The highest BCUT2D eigenvalue weighted by Gasteiger charge is 2.16. The van der Waals surface area contributed by atoms with Gasteiger partial charge in [0.25, 0.3) is 0 Å². The number of halogens is 1. The van der Waals surface area contributed by atoms with E-state index in [0.717, 1.165) is 0 Å². The van der Waals surface area contributed by atoms with Crippen LogP contribution in [0.3, 0.4) is 0 Å². The molecule has 0 radical (unpaired) electrons. The molecule has 0 aromatic carbocycles. The average Bonchev–Trinajstić information content (AvgIpc) is 2.14. The van der Waals surface area contributed by atoms with Crippen LogP contribution in [0.2, 0.25) is 0 Å². The molecular weight excluding hydrogens is 206 g/mol. The summed E-state index contributed by atoms with van der Waals surface area (Å²) in [6.07, 6.45) is 0. The van der Waals surface area contributed by atoms with E-state index in [1.165, 1.54) is 7.05 Å². The van der Waals surface area contributed by atoms with Crippen LogP contribution < -0.4 is 5.32 Å². The highest BCUT2D eigenvalue weighted by molar-refractivity contribution is 6.58. The van der Waals surface area contributed by atoms with Crippen molar-refractivity contribution in [2.75, 3.05) is 13.6 Å². The number of carboxylic acid groups (broad SMARTS) is 1. The van der Waals surface area contributed by atoms with E-state index < -0.39 is 5.97 Å². The normalized spacial score (nSPS) is 13.2. The molecule has 14 heavy (non-hydrogen) atoms. The van der Waals surface area contributed by atoms with Crippen LogP contribution in [0.1, 0.15) is 6.92 Å². The van der Waals surface area contributed by atoms with Gasteiger partial charge in [-0.25, -0.2) is 9.79 Å². The van der Waals surface area contributed by atoms with Crippen molar-refractivity contribution in [3.8, 4) is 0 Å². The van der Waals surface area contributed by atoms with Crippen molar-refractivity contribution in [3.63, 3.8) is 0 Å². The molecule has 5 nitrogen and oxygen atoms in total. The van der Waals surface area contributed by atoms with Crippen molar-refractivity contribution in [1.82, 2.24) is 5.32 Å². The third-order valence-electron chi connectivity index (χ3n) is 1.34. The van der Waals surface area contributed by atoms with Crippen LogP contribution >= 0.6 is 11.6 Å². The fraction of sp³-hybridized carbons (Fsp3) is 0.375. The van der Waals surface area contributed by atoms with Crippen LogP contribution in [0, 0.1) is 0 Å². The molecule has 0 fully saturated rings. The Morgan fingerprint density at radius 3 is 2.50 bits per heavy atom. The number of rotatable bonds is 5. The van der Waals surface area contributed by atoms with Gasteiger partial charge in [-0.3, -0.25) is 4.99 Å². The molecule has 6 heteroatoms. The van der Waals surface area contributed by atoms with E-state index >= 15 is 0 Å². The summed E-state index contributed by atoms with van der Waals surface area (Å²) in [7, 11) is 1.35. The lowest BCUT2D eigenvalue weighted by molar-refractivity contribution is -0.129. The number of nitrogens with zero attached hydrogens (tertiary/aromatic N) is 2. The number of nitrogens with one attached hydrogen (secondary N) is 1. The molecule has 0 aliphatic carbocycles. The van der Waals surface area contributed by atoms with Gasteiger partial charge in [0.05, 0.1) is 0 Å². The van der Waals surface area contributed by atoms with Crippen molar-refractivity contribution in [2.24, 2.45) is 9.98 Å². The lowest BCUT2D eigenvalue weighted by Crippen LogP contribution is -2.19. The monoisotopic (exact) mass is 217 g/mol. The zero-order valence-corrected chi connectivity index (χ0v) is 8.80. The molecule has 0 atom stereocenters. The smallest absolute Gasteiger partial charge is 0.355 e. The van der Waals surface area contributed by atoms with Crippen molar-refractivity contribution >= 4 is 30.0 Å². The largest absolute Gasteiger partial charge is 0.476 e. The number of aliphatic imine (C=N–C) groups is 2. The molecule has 0 aliphatic rings. The number of carboxylic acids is 1. The van der Waals surface area contributed by atoms with Crippen molar-refractivity contribution in [1.29, 1.82) is 0 Å². The van der Waals surface area contributed by atoms with Gasteiger partial charge < -0.3 is 10.4 Å². The first-order valence-corrected chi connectivity index (χ1v) is 4.27. The molecule has 0 heterocycles. The summed E-state index contributed by atoms with van der Waals surface area (Å²) >= 11 is 5.76. The fourth-order valence-corrected chi connectivity index (χ4v) is 1.06. The Labute approximate surface area is 87.2 Å². The summed E-state index contributed by atoms with van der Waals surface area (Å²) in [6.45, 7) is 5.68. The second-order valence-corrected chi connectivity index (χ2v) is 2.61. The van der Waals surface area contributed by atoms with Gasteiger partial charge in [-0.2, -0.15) is 0 Å². The van der Waals surface area contributed by atoms with E-state index in [-0.39, 0.29) is 16.6 Å². The van der Waals surface area contributed by atoms with Crippen LogP contribution in [-0.2, 0) is 4.79 Å². The molecule has 0 aromatic rings. The summed E-state index contributed by atoms with van der Waals surface area (Å²) in [6, 6.07) is 0. The van der Waals surface area contributed by atoms with Crippen molar-refractivity contribution < 1.29 is 9.90 Å². The number of hydrogen-bond donors (Lipinski definition) is 2. The minimum Gasteiger partial charge on any atom is -0.476 e. The second-order valence-electron chi connectivity index (χ2n) is 2.23. The van der Waals surface area contributed by atoms with Gasteiger partial charge in [0.15, 0.2) is 5.71 Å². The van der Waals surface area contributed by atoms with E-state index in [2.05, 4.69) is 22.0 Å². The molecule has 0 rings (SSSR count). The summed E-state index contributed by atoms with van der Waals surface area (Å²) in [5.41, 5.74) is -0.241. The second kappa shape index (κ2) is 6.15. The van der Waals surface area contributed by atoms with Gasteiger partial charge in [0.2, 0.25) is 0 Å².